The molecule has 0 radical (unpaired) electrons. The highest BCUT2D eigenvalue weighted by molar-refractivity contribution is 7.89. The van der Waals surface area contributed by atoms with Crippen LogP contribution < -0.4 is 14.8 Å². The fraction of sp³-hybridized carbons (Fsp3) is 0.176. The number of benzene rings is 2. The molecule has 0 saturated carbocycles. The number of hydrogen-bond donors (Lipinski definition) is 3. The van der Waals surface area contributed by atoms with Crippen LogP contribution in [-0.2, 0) is 21.2 Å². The number of hydrogen-bond acceptors (Lipinski definition) is 7. The number of carbonyl (C=O) groups excluding carboxylic acids is 1. The minimum Gasteiger partial charge on any atom is -0.484 e. The fourth-order valence-corrected chi connectivity index (χ4v) is 3.46. The molecule has 0 fully saturated rings. The molecule has 1 heterocycles. The number of nitrogens with zero attached hydrogens (tertiary/aromatic N) is 3. The van der Waals surface area contributed by atoms with Gasteiger partial charge in [-0.25, -0.2) is 13.1 Å². The highest BCUT2D eigenvalue weighted by Gasteiger charge is 2.13. The molecule has 0 bridgehead atoms. The topological polar surface area (TPSA) is 139 Å². The molecule has 0 saturated heterocycles. The number of aromatic amines is 1. The molecule has 1 aromatic heterocycles. The summed E-state index contributed by atoms with van der Waals surface area (Å²) in [5.41, 5.74) is 0.910. The molecule has 2 aromatic carbocycles. The van der Waals surface area contributed by atoms with E-state index in [1.807, 2.05) is 0 Å². The molecule has 29 heavy (non-hydrogen) atoms. The Labute approximate surface area is 171 Å². The van der Waals surface area contributed by atoms with Gasteiger partial charge in [0.05, 0.1) is 4.90 Å². The Bertz CT molecular complexity index is 1040. The van der Waals surface area contributed by atoms with E-state index < -0.39 is 15.9 Å². The Morgan fingerprint density at radius 3 is 2.48 bits per heavy atom. The highest BCUT2D eigenvalue weighted by atomic mass is 35.5. The van der Waals surface area contributed by atoms with E-state index in [0.29, 0.717) is 17.2 Å². The maximum Gasteiger partial charge on any atom is 0.269 e. The number of sulfonamides is 1. The van der Waals surface area contributed by atoms with Gasteiger partial charge in [-0.3, -0.25) is 10.1 Å². The lowest BCUT2D eigenvalue weighted by Gasteiger charge is -2.08. The number of aromatic nitrogens is 4. The molecule has 0 aliphatic heterocycles. The third-order valence-electron chi connectivity index (χ3n) is 3.72. The second-order valence-electron chi connectivity index (χ2n) is 5.82. The van der Waals surface area contributed by atoms with Crippen molar-refractivity contribution >= 4 is 33.5 Å². The molecule has 0 atom stereocenters. The summed E-state index contributed by atoms with van der Waals surface area (Å²) in [4.78, 5) is 11.8. The SMILES string of the molecule is O=C(COc1ccc(CCNS(=O)(=O)c2ccc(Cl)cc2)cc1)Nc1nn[nH]n1. The molecule has 3 rings (SSSR count). The van der Waals surface area contributed by atoms with E-state index in [-0.39, 0.29) is 24.0 Å². The number of amides is 1. The summed E-state index contributed by atoms with van der Waals surface area (Å²) in [5, 5.41) is 15.6. The van der Waals surface area contributed by atoms with Crippen LogP contribution in [0.15, 0.2) is 53.4 Å². The molecule has 0 aliphatic rings. The van der Waals surface area contributed by atoms with Gasteiger partial charge >= 0.3 is 0 Å². The first-order valence-corrected chi connectivity index (χ1v) is 10.3. The van der Waals surface area contributed by atoms with Crippen molar-refractivity contribution in [3.63, 3.8) is 0 Å². The maximum atomic E-state index is 12.2. The summed E-state index contributed by atoms with van der Waals surface area (Å²) in [7, 11) is -3.59. The van der Waals surface area contributed by atoms with Crippen molar-refractivity contribution in [2.45, 2.75) is 11.3 Å². The summed E-state index contributed by atoms with van der Waals surface area (Å²) < 4.78 is 32.4. The maximum absolute atomic E-state index is 12.2. The summed E-state index contributed by atoms with van der Waals surface area (Å²) in [5.74, 6) is 0.140. The van der Waals surface area contributed by atoms with Gasteiger partial charge in [0, 0.05) is 11.6 Å². The minimum absolute atomic E-state index is 0.0648. The number of ether oxygens (including phenoxy) is 1. The first kappa shape index (κ1) is 20.7. The van der Waals surface area contributed by atoms with Gasteiger partial charge in [-0.1, -0.05) is 28.8 Å². The van der Waals surface area contributed by atoms with Crippen LogP contribution in [0, 0.1) is 0 Å². The minimum atomic E-state index is -3.59. The van der Waals surface area contributed by atoms with Gasteiger partial charge in [0.25, 0.3) is 11.9 Å². The third kappa shape index (κ3) is 6.24. The van der Waals surface area contributed by atoms with Crippen molar-refractivity contribution < 1.29 is 17.9 Å². The average Bonchev–Trinajstić information content (AvgIpc) is 3.20. The Hall–Kier alpha value is -3.02. The molecule has 12 heteroatoms. The molecule has 0 spiro atoms. The number of H-pyrrole nitrogens is 1. The molecule has 0 aliphatic carbocycles. The highest BCUT2D eigenvalue weighted by Crippen LogP contribution is 2.15. The summed E-state index contributed by atoms with van der Waals surface area (Å²) in [6.45, 7) is 0.0209. The number of nitrogens with one attached hydrogen (secondary N) is 3. The van der Waals surface area contributed by atoms with Crippen molar-refractivity contribution in [1.82, 2.24) is 25.3 Å². The van der Waals surface area contributed by atoms with Crippen LogP contribution in [0.1, 0.15) is 5.56 Å². The van der Waals surface area contributed by atoms with Crippen molar-refractivity contribution in [3.8, 4) is 5.75 Å². The van der Waals surface area contributed by atoms with Crippen LogP contribution in [0.25, 0.3) is 0 Å². The van der Waals surface area contributed by atoms with Gasteiger partial charge in [0.1, 0.15) is 5.75 Å². The molecule has 0 unspecified atom stereocenters. The van der Waals surface area contributed by atoms with Gasteiger partial charge in [-0.15, -0.1) is 5.10 Å². The van der Waals surface area contributed by atoms with E-state index in [0.717, 1.165) is 5.56 Å². The van der Waals surface area contributed by atoms with Gasteiger partial charge in [-0.2, -0.15) is 5.21 Å². The zero-order valence-electron chi connectivity index (χ0n) is 15.0. The lowest BCUT2D eigenvalue weighted by atomic mass is 10.1. The van der Waals surface area contributed by atoms with E-state index >= 15 is 0 Å². The number of carbonyl (C=O) groups is 1. The van der Waals surface area contributed by atoms with E-state index in [1.54, 1.807) is 24.3 Å². The lowest BCUT2D eigenvalue weighted by molar-refractivity contribution is -0.118. The van der Waals surface area contributed by atoms with Gasteiger partial charge in [-0.05, 0) is 53.6 Å². The molecule has 10 nitrogen and oxygen atoms in total. The average molecular weight is 437 g/mol. The van der Waals surface area contributed by atoms with E-state index in [1.165, 1.54) is 24.3 Å². The second kappa shape index (κ2) is 9.45. The summed E-state index contributed by atoms with van der Waals surface area (Å²) >= 11 is 5.77. The van der Waals surface area contributed by atoms with E-state index in [4.69, 9.17) is 16.3 Å². The van der Waals surface area contributed by atoms with Crippen molar-refractivity contribution in [2.24, 2.45) is 0 Å². The molecule has 3 aromatic rings. The normalized spacial score (nSPS) is 11.2. The lowest BCUT2D eigenvalue weighted by Crippen LogP contribution is -2.25. The quantitative estimate of drug-likeness (QED) is 0.460. The van der Waals surface area contributed by atoms with E-state index in [9.17, 15) is 13.2 Å². The second-order valence-corrected chi connectivity index (χ2v) is 8.02. The predicted molar refractivity (Wildman–Crippen MR) is 105 cm³/mol. The molecular weight excluding hydrogens is 420 g/mol. The predicted octanol–water partition coefficient (Wildman–Crippen LogP) is 1.39. The first-order valence-electron chi connectivity index (χ1n) is 8.43. The van der Waals surface area contributed by atoms with Crippen molar-refractivity contribution in [3.05, 3.63) is 59.1 Å². The number of tetrazole rings is 1. The fourth-order valence-electron chi connectivity index (χ4n) is 2.30. The Kier molecular flexibility index (Phi) is 6.75. The van der Waals surface area contributed by atoms with Gasteiger partial charge in [0.15, 0.2) is 6.61 Å². The van der Waals surface area contributed by atoms with Crippen LogP contribution in [0.5, 0.6) is 5.75 Å². The Morgan fingerprint density at radius 2 is 1.83 bits per heavy atom. The van der Waals surface area contributed by atoms with E-state index in [2.05, 4.69) is 30.7 Å². The number of halogens is 1. The van der Waals surface area contributed by atoms with Gasteiger partial charge in [0.2, 0.25) is 10.0 Å². The monoisotopic (exact) mass is 436 g/mol. The molecule has 1 amide bonds. The Morgan fingerprint density at radius 1 is 1.10 bits per heavy atom. The first-order chi connectivity index (χ1) is 13.9. The molecule has 152 valence electrons. The third-order valence-corrected chi connectivity index (χ3v) is 5.45. The standard InChI is InChI=1S/C17H17ClN6O4S/c18-13-3-7-15(8-4-13)29(26,27)19-10-9-12-1-5-14(6-2-12)28-11-16(25)20-17-21-23-24-22-17/h1-8,19H,9-11H2,(H2,20,21,22,23,24,25). The van der Waals surface area contributed by atoms with Crippen LogP contribution in [-0.4, -0.2) is 48.1 Å². The zero-order chi connectivity index (χ0) is 20.7. The van der Waals surface area contributed by atoms with Crippen LogP contribution in [0.2, 0.25) is 5.02 Å². The molecular formula is C17H17ClN6O4S. The molecule has 3 N–H and O–H groups in total. The van der Waals surface area contributed by atoms with Crippen molar-refractivity contribution in [2.75, 3.05) is 18.5 Å². The van der Waals surface area contributed by atoms with Crippen LogP contribution in [0.4, 0.5) is 5.95 Å². The Balaban J connectivity index is 1.44. The van der Waals surface area contributed by atoms with Crippen LogP contribution in [0.3, 0.4) is 0 Å². The smallest absolute Gasteiger partial charge is 0.269 e. The zero-order valence-corrected chi connectivity index (χ0v) is 16.6. The number of rotatable bonds is 9. The van der Waals surface area contributed by atoms with Crippen LogP contribution >= 0.6 is 11.6 Å². The largest absolute Gasteiger partial charge is 0.484 e. The van der Waals surface area contributed by atoms with Gasteiger partial charge < -0.3 is 4.74 Å². The van der Waals surface area contributed by atoms with Crippen molar-refractivity contribution in [1.29, 1.82) is 0 Å². The summed E-state index contributed by atoms with van der Waals surface area (Å²) in [6.07, 6.45) is 0.491. The summed E-state index contributed by atoms with van der Waals surface area (Å²) in [6, 6.07) is 12.9. The number of anilines is 1.